The molecule has 290 valence electrons. The summed E-state index contributed by atoms with van der Waals surface area (Å²) in [5.74, 6) is -5.76. The summed E-state index contributed by atoms with van der Waals surface area (Å²) >= 11 is 0. The summed E-state index contributed by atoms with van der Waals surface area (Å²) in [6, 6.07) is 5.36. The molecule has 3 unspecified atom stereocenters. The number of amides is 1. The van der Waals surface area contributed by atoms with Gasteiger partial charge in [-0.3, -0.25) is 14.5 Å². The van der Waals surface area contributed by atoms with Gasteiger partial charge in [0.25, 0.3) is 17.8 Å². The first-order valence-corrected chi connectivity index (χ1v) is 18.7. The van der Waals surface area contributed by atoms with E-state index in [9.17, 15) is 23.5 Å². The Morgan fingerprint density at radius 3 is 2.34 bits per heavy atom. The third-order valence-corrected chi connectivity index (χ3v) is 11.1. The van der Waals surface area contributed by atoms with Crippen LogP contribution in [-0.2, 0) is 15.5 Å². The molecule has 3 fully saturated rings. The number of fused-ring (bicyclic) bond motifs is 3. The van der Waals surface area contributed by atoms with E-state index in [4.69, 9.17) is 9.47 Å². The summed E-state index contributed by atoms with van der Waals surface area (Å²) in [5, 5.41) is 12.8. The van der Waals surface area contributed by atoms with Crippen molar-refractivity contribution in [2.75, 3.05) is 39.9 Å². The normalized spacial score (nSPS) is 23.5. The number of ether oxygens (including phenoxy) is 2. The van der Waals surface area contributed by atoms with Crippen molar-refractivity contribution in [3.63, 3.8) is 0 Å². The van der Waals surface area contributed by atoms with Crippen LogP contribution in [0.4, 0.5) is 17.6 Å². The van der Waals surface area contributed by atoms with Crippen LogP contribution in [0.1, 0.15) is 94.2 Å². The lowest BCUT2D eigenvalue weighted by Crippen LogP contribution is -2.43. The number of carboxylic acid groups (broad SMARTS) is 1. The lowest BCUT2D eigenvalue weighted by atomic mass is 9.64. The quantitative estimate of drug-likeness (QED) is 0.162. The molecule has 2 aromatic heterocycles. The van der Waals surface area contributed by atoms with Crippen LogP contribution < -0.4 is 10.1 Å². The van der Waals surface area contributed by atoms with Gasteiger partial charge in [-0.1, -0.05) is 0 Å². The zero-order chi connectivity index (χ0) is 38.1. The van der Waals surface area contributed by atoms with Crippen molar-refractivity contribution >= 4 is 22.8 Å². The number of nitrogens with one attached hydrogen (secondary N) is 1. The smallest absolute Gasteiger partial charge is 0.303 e. The fourth-order valence-electron chi connectivity index (χ4n) is 8.99. The van der Waals surface area contributed by atoms with E-state index in [1.807, 2.05) is 23.6 Å². The SMILES string of the molecule is COCC(C)n1cc(-c2ncc(C(=O)NCC3CC4CC(CC(=O)O)CC(C3)C4)c(C(C)(F)F)n2)c2ccc(OC3CCN(CC(C)(F)F)CC3)cc21. The third-order valence-electron chi connectivity index (χ3n) is 11.1. The zero-order valence-corrected chi connectivity index (χ0v) is 30.9. The predicted octanol–water partition coefficient (Wildman–Crippen LogP) is 7.56. The van der Waals surface area contributed by atoms with E-state index in [-0.39, 0.29) is 48.3 Å². The fraction of sp³-hybridized carbons (Fsp3) is 0.641. The average Bonchev–Trinajstić information content (AvgIpc) is 3.45. The largest absolute Gasteiger partial charge is 0.490 e. The fourth-order valence-corrected chi connectivity index (χ4v) is 8.99. The minimum absolute atomic E-state index is 0.0521. The zero-order valence-electron chi connectivity index (χ0n) is 30.9. The summed E-state index contributed by atoms with van der Waals surface area (Å²) in [4.78, 5) is 35.2. The summed E-state index contributed by atoms with van der Waals surface area (Å²) < 4.78 is 71.1. The van der Waals surface area contributed by atoms with Gasteiger partial charge in [0.05, 0.1) is 30.3 Å². The van der Waals surface area contributed by atoms with Crippen LogP contribution in [0.3, 0.4) is 0 Å². The highest BCUT2D eigenvalue weighted by molar-refractivity contribution is 5.97. The first kappa shape index (κ1) is 38.9. The second kappa shape index (κ2) is 15.9. The topological polar surface area (TPSA) is 119 Å². The molecule has 2 saturated carbocycles. The van der Waals surface area contributed by atoms with Gasteiger partial charge in [0.15, 0.2) is 5.82 Å². The average molecular weight is 746 g/mol. The molecule has 1 amide bonds. The lowest BCUT2D eigenvalue weighted by molar-refractivity contribution is -0.138. The van der Waals surface area contributed by atoms with Crippen LogP contribution >= 0.6 is 0 Å². The molecule has 1 aromatic carbocycles. The predicted molar refractivity (Wildman–Crippen MR) is 191 cm³/mol. The molecule has 0 spiro atoms. The van der Waals surface area contributed by atoms with E-state index in [0.717, 1.165) is 51.5 Å². The number of hydrogen-bond acceptors (Lipinski definition) is 7. The molecular weight excluding hydrogens is 694 g/mol. The van der Waals surface area contributed by atoms with Crippen molar-refractivity contribution < 1.29 is 41.7 Å². The van der Waals surface area contributed by atoms with Crippen molar-refractivity contribution in [1.29, 1.82) is 0 Å². The number of likely N-dealkylation sites (tertiary alicyclic amines) is 1. The van der Waals surface area contributed by atoms with Gasteiger partial charge in [-0.05, 0) is 87.7 Å². The van der Waals surface area contributed by atoms with Gasteiger partial charge in [0.2, 0.25) is 0 Å². The number of rotatable bonds is 14. The number of carboxylic acids is 1. The van der Waals surface area contributed by atoms with Gasteiger partial charge >= 0.3 is 5.97 Å². The number of halogens is 4. The lowest BCUT2D eigenvalue weighted by Gasteiger charge is -2.42. The van der Waals surface area contributed by atoms with Gasteiger partial charge in [0, 0.05) is 76.4 Å². The molecule has 2 bridgehead atoms. The molecule has 6 rings (SSSR count). The Morgan fingerprint density at radius 2 is 1.72 bits per heavy atom. The van der Waals surface area contributed by atoms with Crippen LogP contribution in [0.5, 0.6) is 5.75 Å². The maximum atomic E-state index is 15.2. The Hall–Kier alpha value is -3.78. The number of benzene rings is 1. The Balaban J connectivity index is 1.20. The number of aromatic nitrogens is 3. The molecule has 0 radical (unpaired) electrons. The van der Waals surface area contributed by atoms with Crippen LogP contribution in [0.25, 0.3) is 22.3 Å². The Kier molecular flexibility index (Phi) is 11.7. The highest BCUT2D eigenvalue weighted by Gasteiger charge is 2.38. The maximum absolute atomic E-state index is 15.2. The molecule has 2 aliphatic carbocycles. The summed E-state index contributed by atoms with van der Waals surface area (Å²) in [5.41, 5.74) is 0.331. The van der Waals surface area contributed by atoms with Crippen molar-refractivity contribution in [2.45, 2.75) is 96.1 Å². The second-order valence-corrected chi connectivity index (χ2v) is 15.9. The van der Waals surface area contributed by atoms with Crippen LogP contribution in [0.15, 0.2) is 30.6 Å². The van der Waals surface area contributed by atoms with Gasteiger partial charge in [-0.15, -0.1) is 0 Å². The number of alkyl halides is 4. The number of methoxy groups -OCH3 is 1. The third kappa shape index (κ3) is 9.67. The second-order valence-electron chi connectivity index (χ2n) is 15.9. The van der Waals surface area contributed by atoms with E-state index < -0.39 is 29.4 Å². The number of carbonyl (C=O) groups is 2. The molecule has 53 heavy (non-hydrogen) atoms. The van der Waals surface area contributed by atoms with Gasteiger partial charge in [-0.25, -0.2) is 18.7 Å². The molecule has 3 atom stereocenters. The molecule has 3 heterocycles. The monoisotopic (exact) mass is 745 g/mol. The molecule has 1 saturated heterocycles. The van der Waals surface area contributed by atoms with Gasteiger partial charge in [-0.2, -0.15) is 8.78 Å². The minimum Gasteiger partial charge on any atom is -0.490 e. The number of aliphatic carboxylic acids is 1. The Morgan fingerprint density at radius 1 is 1.04 bits per heavy atom. The summed E-state index contributed by atoms with van der Waals surface area (Å²) in [7, 11) is 1.60. The number of carbonyl (C=O) groups excluding carboxylic acids is 1. The van der Waals surface area contributed by atoms with E-state index in [1.165, 1.54) is 6.20 Å². The standard InChI is InChI=1S/C39H51F4N5O5/c1-23(21-52-4)48-20-32(30-6-5-29(17-33(30)48)53-28-7-9-47(10-8-28)22-38(2,40)41)36-44-19-31(35(46-36)39(3,42)43)37(51)45-18-27-14-24-11-25(15-27)13-26(12-24)16-34(49)50/h5-6,17,19-20,23-28H,7-16,18,21-22H2,1-4H3,(H,45,51)(H,49,50). The number of nitrogens with zero attached hydrogens (tertiary/aromatic N) is 4. The van der Waals surface area contributed by atoms with E-state index in [2.05, 4.69) is 15.3 Å². The van der Waals surface area contributed by atoms with E-state index in [0.29, 0.717) is 67.6 Å². The summed E-state index contributed by atoms with van der Waals surface area (Å²) in [6.45, 7) is 5.07. The van der Waals surface area contributed by atoms with Crippen molar-refractivity contribution in [3.05, 3.63) is 41.9 Å². The van der Waals surface area contributed by atoms with E-state index >= 15 is 8.78 Å². The molecule has 14 heteroatoms. The Labute approximate surface area is 307 Å². The molecule has 3 aliphatic rings. The van der Waals surface area contributed by atoms with Crippen molar-refractivity contribution in [1.82, 2.24) is 24.8 Å². The summed E-state index contributed by atoms with van der Waals surface area (Å²) in [6.07, 6.45) is 8.80. The molecule has 2 N–H and O–H groups in total. The van der Waals surface area contributed by atoms with Crippen LogP contribution in [0.2, 0.25) is 0 Å². The highest BCUT2D eigenvalue weighted by Crippen LogP contribution is 2.46. The van der Waals surface area contributed by atoms with Crippen molar-refractivity contribution in [2.24, 2.45) is 23.7 Å². The van der Waals surface area contributed by atoms with E-state index in [1.54, 1.807) is 24.3 Å². The first-order chi connectivity index (χ1) is 25.1. The maximum Gasteiger partial charge on any atom is 0.303 e. The molecule has 3 aromatic rings. The first-order valence-electron chi connectivity index (χ1n) is 18.7. The number of hydrogen-bond donors (Lipinski definition) is 2. The minimum atomic E-state index is -3.43. The molecular formula is C39H51F4N5O5. The van der Waals surface area contributed by atoms with Gasteiger partial charge < -0.3 is 24.5 Å². The van der Waals surface area contributed by atoms with Crippen LogP contribution in [0, 0.1) is 23.7 Å². The molecule has 10 nitrogen and oxygen atoms in total. The molecule has 1 aliphatic heterocycles. The Bertz CT molecular complexity index is 1750. The number of piperidine rings is 1. The highest BCUT2D eigenvalue weighted by atomic mass is 19.3. The van der Waals surface area contributed by atoms with Gasteiger partial charge in [0.1, 0.15) is 17.5 Å². The van der Waals surface area contributed by atoms with Crippen molar-refractivity contribution in [3.8, 4) is 17.1 Å². The van der Waals surface area contributed by atoms with Crippen LogP contribution in [-0.4, -0.2) is 88.3 Å².